The number of halogens is 1. The zero-order valence-electron chi connectivity index (χ0n) is 20.5. The third-order valence-corrected chi connectivity index (χ3v) is 7.45. The second kappa shape index (κ2) is 10.2. The number of thiophene rings is 1. The zero-order chi connectivity index (χ0) is 26.1. The quantitative estimate of drug-likeness (QED) is 0.236. The van der Waals surface area contributed by atoms with E-state index in [9.17, 15) is 9.59 Å². The molecule has 1 amide bonds. The monoisotopic (exact) mass is 529 g/mol. The van der Waals surface area contributed by atoms with Crippen LogP contribution in [0.4, 0.5) is 5.69 Å². The molecule has 1 unspecified atom stereocenters. The molecule has 3 aromatic carbocycles. The van der Waals surface area contributed by atoms with Gasteiger partial charge < -0.3 is 10.1 Å². The fourth-order valence-electron chi connectivity index (χ4n) is 4.07. The third kappa shape index (κ3) is 5.01. The first-order valence-electron chi connectivity index (χ1n) is 11.7. The summed E-state index contributed by atoms with van der Waals surface area (Å²) in [4.78, 5) is 27.9. The molecule has 0 bridgehead atoms. The Hall–Kier alpha value is -3.94. The van der Waals surface area contributed by atoms with Crippen LogP contribution in [0.1, 0.15) is 38.2 Å². The second-order valence-electron chi connectivity index (χ2n) is 8.78. The van der Waals surface area contributed by atoms with Crippen molar-refractivity contribution in [1.82, 2.24) is 9.78 Å². The molecule has 6 nitrogen and oxygen atoms in total. The largest absolute Gasteiger partial charge is 0.443 e. The average molecular weight is 530 g/mol. The number of hydrogen-bond acceptors (Lipinski definition) is 5. The van der Waals surface area contributed by atoms with Gasteiger partial charge in [-0.25, -0.2) is 9.48 Å². The Morgan fingerprint density at radius 1 is 0.973 bits per heavy atom. The topological polar surface area (TPSA) is 73.2 Å². The molecule has 0 radical (unpaired) electrons. The molecule has 5 rings (SSSR count). The average Bonchev–Trinajstić information content (AvgIpc) is 3.46. The minimum absolute atomic E-state index is 0.372. The highest BCUT2D eigenvalue weighted by Gasteiger charge is 2.28. The summed E-state index contributed by atoms with van der Waals surface area (Å²) in [6.45, 7) is 5.75. The normalized spacial score (nSPS) is 11.9. The van der Waals surface area contributed by atoms with Crippen LogP contribution < -0.4 is 5.32 Å². The maximum absolute atomic E-state index is 13.4. The highest BCUT2D eigenvalue weighted by atomic mass is 35.5. The predicted molar refractivity (Wildman–Crippen MR) is 148 cm³/mol. The van der Waals surface area contributed by atoms with Crippen LogP contribution in [-0.2, 0) is 9.53 Å². The number of anilines is 1. The van der Waals surface area contributed by atoms with Crippen molar-refractivity contribution in [3.05, 3.63) is 111 Å². The number of carbonyl (C=O) groups excluding carboxylic acids is 2. The van der Waals surface area contributed by atoms with E-state index in [4.69, 9.17) is 16.3 Å². The van der Waals surface area contributed by atoms with Crippen LogP contribution in [0, 0.1) is 20.8 Å². The second-order valence-corrected chi connectivity index (χ2v) is 10.2. The molecule has 1 N–H and O–H groups in total. The van der Waals surface area contributed by atoms with Crippen LogP contribution in [-0.4, -0.2) is 21.7 Å². The predicted octanol–water partition coefficient (Wildman–Crippen LogP) is 7.20. The van der Waals surface area contributed by atoms with Gasteiger partial charge in [0.2, 0.25) is 6.10 Å². The van der Waals surface area contributed by atoms with E-state index in [1.165, 1.54) is 11.3 Å². The van der Waals surface area contributed by atoms with Gasteiger partial charge in [-0.15, -0.1) is 11.3 Å². The van der Waals surface area contributed by atoms with E-state index in [1.807, 2.05) is 75.4 Å². The standard InChI is InChI=1S/C29H24ClN3O3S/c1-17-13-14-18(2)23(15-17)31-27(34)26(20-9-5-4-6-10-20)36-29(35)25-16-21-19(3)32-33(28(21)37-25)24-12-8-7-11-22(24)30/h4-16,26H,1-3H3,(H,31,34). The molecule has 0 aliphatic carbocycles. The Morgan fingerprint density at radius 2 is 1.70 bits per heavy atom. The summed E-state index contributed by atoms with van der Waals surface area (Å²) in [5.41, 5.74) is 4.68. The van der Waals surface area contributed by atoms with Crippen molar-refractivity contribution >= 4 is 50.7 Å². The number of carbonyl (C=O) groups is 2. The summed E-state index contributed by atoms with van der Waals surface area (Å²) in [5.74, 6) is -1.01. The molecular formula is C29H24ClN3O3S. The van der Waals surface area contributed by atoms with E-state index in [0.29, 0.717) is 21.2 Å². The SMILES string of the molecule is Cc1ccc(C)c(NC(=O)C(OC(=O)c2cc3c(C)nn(-c4ccccc4Cl)c3s2)c2ccccc2)c1. The van der Waals surface area contributed by atoms with Gasteiger partial charge in [0.15, 0.2) is 0 Å². The number of amides is 1. The maximum Gasteiger partial charge on any atom is 0.349 e. The molecule has 1 atom stereocenters. The van der Waals surface area contributed by atoms with Crippen molar-refractivity contribution in [3.63, 3.8) is 0 Å². The van der Waals surface area contributed by atoms with Crippen LogP contribution in [0.5, 0.6) is 0 Å². The molecule has 37 heavy (non-hydrogen) atoms. The summed E-state index contributed by atoms with van der Waals surface area (Å²) in [7, 11) is 0. The lowest BCUT2D eigenvalue weighted by Crippen LogP contribution is -2.26. The van der Waals surface area contributed by atoms with Gasteiger partial charge in [0.1, 0.15) is 9.71 Å². The maximum atomic E-state index is 13.4. The van der Waals surface area contributed by atoms with Crippen molar-refractivity contribution in [2.75, 3.05) is 5.32 Å². The van der Waals surface area contributed by atoms with E-state index in [1.54, 1.807) is 28.9 Å². The van der Waals surface area contributed by atoms with E-state index in [-0.39, 0.29) is 0 Å². The van der Waals surface area contributed by atoms with Gasteiger partial charge in [-0.05, 0) is 56.2 Å². The summed E-state index contributed by atoms with van der Waals surface area (Å²) in [5, 5.41) is 8.92. The number of fused-ring (bicyclic) bond motifs is 1. The van der Waals surface area contributed by atoms with Gasteiger partial charge in [0.05, 0.1) is 16.4 Å². The Bertz CT molecular complexity index is 1620. The zero-order valence-corrected chi connectivity index (χ0v) is 22.1. The van der Waals surface area contributed by atoms with Gasteiger partial charge in [-0.3, -0.25) is 4.79 Å². The summed E-state index contributed by atoms with van der Waals surface area (Å²) < 4.78 is 7.57. The van der Waals surface area contributed by atoms with Crippen LogP contribution in [0.25, 0.3) is 15.9 Å². The smallest absolute Gasteiger partial charge is 0.349 e. The van der Waals surface area contributed by atoms with E-state index in [2.05, 4.69) is 10.4 Å². The van der Waals surface area contributed by atoms with Crippen LogP contribution in [0.15, 0.2) is 78.9 Å². The number of para-hydroxylation sites is 1. The van der Waals surface area contributed by atoms with Crippen molar-refractivity contribution in [1.29, 1.82) is 0 Å². The first kappa shape index (κ1) is 24.7. The number of ether oxygens (including phenoxy) is 1. The summed E-state index contributed by atoms with van der Waals surface area (Å²) in [6.07, 6.45) is -1.13. The van der Waals surface area contributed by atoms with Gasteiger partial charge in [-0.2, -0.15) is 5.10 Å². The Balaban J connectivity index is 1.47. The first-order chi connectivity index (χ1) is 17.8. The highest BCUT2D eigenvalue weighted by molar-refractivity contribution is 7.20. The minimum Gasteiger partial charge on any atom is -0.443 e. The van der Waals surface area contributed by atoms with Crippen molar-refractivity contribution in [2.45, 2.75) is 26.9 Å². The fourth-order valence-corrected chi connectivity index (χ4v) is 5.34. The summed E-state index contributed by atoms with van der Waals surface area (Å²) in [6, 6.07) is 24.0. The lowest BCUT2D eigenvalue weighted by Gasteiger charge is -2.19. The molecule has 0 fully saturated rings. The minimum atomic E-state index is -1.13. The van der Waals surface area contributed by atoms with Gasteiger partial charge in [0.25, 0.3) is 5.91 Å². The van der Waals surface area contributed by atoms with Crippen LogP contribution >= 0.6 is 22.9 Å². The lowest BCUT2D eigenvalue weighted by molar-refractivity contribution is -0.125. The molecule has 0 spiro atoms. The third-order valence-electron chi connectivity index (χ3n) is 6.04. The number of nitrogens with one attached hydrogen (secondary N) is 1. The number of aryl methyl sites for hydroxylation is 3. The molecular weight excluding hydrogens is 506 g/mol. The van der Waals surface area contributed by atoms with Crippen molar-refractivity contribution in [3.8, 4) is 5.69 Å². The molecule has 0 aliphatic heterocycles. The summed E-state index contributed by atoms with van der Waals surface area (Å²) >= 11 is 7.65. The molecule has 5 aromatic rings. The first-order valence-corrected chi connectivity index (χ1v) is 12.9. The van der Waals surface area contributed by atoms with E-state index < -0.39 is 18.0 Å². The number of aromatic nitrogens is 2. The molecule has 186 valence electrons. The van der Waals surface area contributed by atoms with Crippen molar-refractivity contribution < 1.29 is 14.3 Å². The van der Waals surface area contributed by atoms with Crippen molar-refractivity contribution in [2.24, 2.45) is 0 Å². The van der Waals surface area contributed by atoms with Gasteiger partial charge in [0, 0.05) is 16.6 Å². The Morgan fingerprint density at radius 3 is 2.46 bits per heavy atom. The van der Waals surface area contributed by atoms with Crippen LogP contribution in [0.3, 0.4) is 0 Å². The fraction of sp³-hybridized carbons (Fsp3) is 0.138. The number of benzene rings is 3. The molecule has 0 saturated carbocycles. The number of rotatable bonds is 6. The lowest BCUT2D eigenvalue weighted by atomic mass is 10.1. The Labute approximate surface area is 223 Å². The van der Waals surface area contributed by atoms with Gasteiger partial charge in [-0.1, -0.05) is 66.2 Å². The molecule has 2 aromatic heterocycles. The van der Waals surface area contributed by atoms with Crippen LogP contribution in [0.2, 0.25) is 5.02 Å². The highest BCUT2D eigenvalue weighted by Crippen LogP contribution is 2.34. The molecule has 0 saturated heterocycles. The molecule has 0 aliphatic rings. The Kier molecular flexibility index (Phi) is 6.82. The molecule has 8 heteroatoms. The number of esters is 1. The number of hydrogen-bond donors (Lipinski definition) is 1. The van der Waals surface area contributed by atoms with E-state index >= 15 is 0 Å². The number of nitrogens with zero attached hydrogens (tertiary/aromatic N) is 2. The van der Waals surface area contributed by atoms with E-state index in [0.717, 1.165) is 32.7 Å². The molecule has 2 heterocycles. The van der Waals surface area contributed by atoms with Gasteiger partial charge >= 0.3 is 5.97 Å².